The Labute approximate surface area is 203 Å². The molecule has 176 valence electrons. The number of thioether (sulfide) groups is 1. The molecule has 0 unspecified atom stereocenters. The summed E-state index contributed by atoms with van der Waals surface area (Å²) in [6.07, 6.45) is 0. The van der Waals surface area contributed by atoms with Gasteiger partial charge in [0.1, 0.15) is 11.3 Å². The lowest BCUT2D eigenvalue weighted by molar-refractivity contribution is 0.102. The van der Waals surface area contributed by atoms with Crippen molar-refractivity contribution in [2.45, 2.75) is 5.75 Å². The largest absolute Gasteiger partial charge is 0.494 e. The van der Waals surface area contributed by atoms with E-state index in [4.69, 9.17) is 9.47 Å². The fourth-order valence-corrected chi connectivity index (χ4v) is 5.69. The lowest BCUT2D eigenvalue weighted by Gasteiger charge is -2.29. The van der Waals surface area contributed by atoms with Crippen molar-refractivity contribution in [1.82, 2.24) is 9.88 Å². The Hall–Kier alpha value is -2.33. The molecule has 1 aliphatic heterocycles. The van der Waals surface area contributed by atoms with Crippen molar-refractivity contribution in [2.24, 2.45) is 0 Å². The van der Waals surface area contributed by atoms with Crippen LogP contribution in [0.1, 0.15) is 15.9 Å². The quantitative estimate of drug-likeness (QED) is 0.455. The number of morpholine rings is 1. The predicted octanol–water partition coefficient (Wildman–Crippen LogP) is 4.19. The third-order valence-electron chi connectivity index (χ3n) is 5.45. The smallest absolute Gasteiger partial charge is 0.257 e. The predicted molar refractivity (Wildman–Crippen MR) is 138 cm³/mol. The van der Waals surface area contributed by atoms with Crippen molar-refractivity contribution in [1.29, 1.82) is 0 Å². The van der Waals surface area contributed by atoms with Gasteiger partial charge in [-0.3, -0.25) is 10.1 Å². The van der Waals surface area contributed by atoms with Crippen LogP contribution in [0.5, 0.6) is 5.75 Å². The third-order valence-corrected chi connectivity index (χ3v) is 7.45. The average Bonchev–Trinajstić information content (AvgIpc) is 3.25. The number of carbonyl (C=O) groups excluding carboxylic acids is 1. The first kappa shape index (κ1) is 23.8. The summed E-state index contributed by atoms with van der Waals surface area (Å²) < 4.78 is 12.0. The topological polar surface area (TPSA) is 66.9 Å². The molecule has 9 heteroatoms. The fraction of sp³-hybridized carbons (Fsp3) is 0.417. The van der Waals surface area contributed by atoms with Crippen LogP contribution in [0.3, 0.4) is 0 Å². The van der Waals surface area contributed by atoms with E-state index in [1.165, 1.54) is 16.9 Å². The third kappa shape index (κ3) is 5.97. The summed E-state index contributed by atoms with van der Waals surface area (Å²) in [6, 6.07) is 11.8. The summed E-state index contributed by atoms with van der Waals surface area (Å²) in [7, 11) is 5.80. The molecule has 0 aliphatic carbocycles. The number of carbonyl (C=O) groups is 1. The minimum atomic E-state index is -0.159. The standard InChI is InChI=1S/C24H30N4O3S2/c1-27(2)12-15-32-16-17-4-6-18(7-5-17)23(29)26-24-25-21-20(30-3)9-8-19(22(21)33-24)28-10-13-31-14-11-28/h4-9H,10-16H2,1-3H3,(H,25,26,29). The summed E-state index contributed by atoms with van der Waals surface area (Å²) in [5.74, 6) is 2.57. The maximum absolute atomic E-state index is 12.9. The van der Waals surface area contributed by atoms with Gasteiger partial charge in [-0.15, -0.1) is 0 Å². The Morgan fingerprint density at radius 3 is 2.67 bits per heavy atom. The van der Waals surface area contributed by atoms with Crippen molar-refractivity contribution in [3.8, 4) is 5.75 Å². The highest BCUT2D eigenvalue weighted by Crippen LogP contribution is 2.39. The van der Waals surface area contributed by atoms with Crippen LogP contribution in [0.15, 0.2) is 36.4 Å². The van der Waals surface area contributed by atoms with Gasteiger partial charge in [0.2, 0.25) is 0 Å². The zero-order chi connectivity index (χ0) is 23.2. The van der Waals surface area contributed by atoms with Crippen molar-refractivity contribution in [2.75, 3.05) is 70.0 Å². The Kier molecular flexibility index (Phi) is 8.08. The van der Waals surface area contributed by atoms with Gasteiger partial charge in [-0.25, -0.2) is 4.98 Å². The molecule has 1 N–H and O–H groups in total. The monoisotopic (exact) mass is 486 g/mol. The van der Waals surface area contributed by atoms with Crippen LogP contribution in [0.2, 0.25) is 0 Å². The second-order valence-corrected chi connectivity index (χ2v) is 10.2. The molecule has 0 saturated carbocycles. The molecule has 2 heterocycles. The van der Waals surface area contributed by atoms with E-state index in [1.54, 1.807) is 7.11 Å². The number of ether oxygens (including phenoxy) is 2. The Morgan fingerprint density at radius 1 is 1.21 bits per heavy atom. The van der Waals surface area contributed by atoms with Crippen LogP contribution in [-0.2, 0) is 10.5 Å². The summed E-state index contributed by atoms with van der Waals surface area (Å²) in [6.45, 7) is 4.15. The van der Waals surface area contributed by atoms with E-state index < -0.39 is 0 Å². The Morgan fingerprint density at radius 2 is 1.97 bits per heavy atom. The number of hydrogen-bond donors (Lipinski definition) is 1. The van der Waals surface area contributed by atoms with E-state index in [9.17, 15) is 4.79 Å². The number of rotatable bonds is 9. The fourth-order valence-electron chi connectivity index (χ4n) is 3.60. The van der Waals surface area contributed by atoms with Crippen LogP contribution >= 0.6 is 23.1 Å². The molecule has 0 atom stereocenters. The molecular weight excluding hydrogens is 456 g/mol. The Bertz CT molecular complexity index is 1080. The van der Waals surface area contributed by atoms with Gasteiger partial charge in [0.15, 0.2) is 5.13 Å². The van der Waals surface area contributed by atoms with Crippen molar-refractivity contribution < 1.29 is 14.3 Å². The number of aromatic nitrogens is 1. The molecule has 1 aromatic heterocycles. The molecule has 0 radical (unpaired) electrons. The number of nitrogens with zero attached hydrogens (tertiary/aromatic N) is 3. The molecule has 1 amide bonds. The first-order valence-corrected chi connectivity index (χ1v) is 13.0. The molecule has 0 spiro atoms. The number of anilines is 2. The van der Waals surface area contributed by atoms with Crippen LogP contribution in [-0.4, -0.2) is 75.6 Å². The lowest BCUT2D eigenvalue weighted by atomic mass is 10.1. The Balaban J connectivity index is 1.46. The van der Waals surface area contributed by atoms with E-state index in [-0.39, 0.29) is 5.91 Å². The maximum atomic E-state index is 12.9. The highest BCUT2D eigenvalue weighted by Gasteiger charge is 2.20. The summed E-state index contributed by atoms with van der Waals surface area (Å²) in [5, 5.41) is 3.54. The van der Waals surface area contributed by atoms with E-state index in [0.717, 1.165) is 47.0 Å². The van der Waals surface area contributed by atoms with Gasteiger partial charge in [-0.05, 0) is 43.9 Å². The number of amides is 1. The molecule has 1 fully saturated rings. The molecule has 1 aliphatic rings. The van der Waals surface area contributed by atoms with E-state index in [0.29, 0.717) is 29.7 Å². The van der Waals surface area contributed by atoms with E-state index >= 15 is 0 Å². The molecule has 4 rings (SSSR count). The van der Waals surface area contributed by atoms with Crippen LogP contribution in [0.25, 0.3) is 10.2 Å². The molecule has 0 bridgehead atoms. The second-order valence-electron chi connectivity index (χ2n) is 8.09. The normalized spacial score (nSPS) is 14.1. The summed E-state index contributed by atoms with van der Waals surface area (Å²) >= 11 is 3.37. The van der Waals surface area contributed by atoms with Crippen LogP contribution in [0, 0.1) is 0 Å². The first-order chi connectivity index (χ1) is 16.0. The molecule has 2 aromatic carbocycles. The van der Waals surface area contributed by atoms with Gasteiger partial charge in [-0.2, -0.15) is 11.8 Å². The van der Waals surface area contributed by atoms with Gasteiger partial charge in [0.05, 0.1) is 30.7 Å². The SMILES string of the molecule is COc1ccc(N2CCOCC2)c2sc(NC(=O)c3ccc(CSCCN(C)C)cc3)nc12. The zero-order valence-corrected chi connectivity index (χ0v) is 20.9. The van der Waals surface area contributed by atoms with Gasteiger partial charge in [-0.1, -0.05) is 23.5 Å². The summed E-state index contributed by atoms with van der Waals surface area (Å²) in [5.41, 5.74) is 3.71. The highest BCUT2D eigenvalue weighted by atomic mass is 32.2. The number of methoxy groups -OCH3 is 1. The second kappa shape index (κ2) is 11.2. The van der Waals surface area contributed by atoms with Gasteiger partial charge in [0, 0.05) is 36.7 Å². The molecular formula is C24H30N4O3S2. The average molecular weight is 487 g/mol. The van der Waals surface area contributed by atoms with Crippen molar-refractivity contribution in [3.63, 3.8) is 0 Å². The number of thiazole rings is 1. The van der Waals surface area contributed by atoms with Gasteiger partial charge in [0.25, 0.3) is 5.91 Å². The zero-order valence-electron chi connectivity index (χ0n) is 19.3. The van der Waals surface area contributed by atoms with E-state index in [2.05, 4.69) is 40.3 Å². The van der Waals surface area contributed by atoms with Crippen molar-refractivity contribution >= 4 is 50.0 Å². The highest BCUT2D eigenvalue weighted by molar-refractivity contribution is 7.98. The van der Waals surface area contributed by atoms with Crippen LogP contribution in [0.4, 0.5) is 10.8 Å². The molecule has 33 heavy (non-hydrogen) atoms. The number of fused-ring (bicyclic) bond motifs is 1. The van der Waals surface area contributed by atoms with Crippen molar-refractivity contribution in [3.05, 3.63) is 47.5 Å². The minimum Gasteiger partial charge on any atom is -0.494 e. The van der Waals surface area contributed by atoms with Gasteiger partial charge < -0.3 is 19.3 Å². The molecule has 3 aromatic rings. The van der Waals surface area contributed by atoms with Crippen LogP contribution < -0.4 is 15.0 Å². The maximum Gasteiger partial charge on any atom is 0.257 e. The number of benzene rings is 2. The van der Waals surface area contributed by atoms with Gasteiger partial charge >= 0.3 is 0 Å². The lowest BCUT2D eigenvalue weighted by Crippen LogP contribution is -2.36. The minimum absolute atomic E-state index is 0.159. The summed E-state index contributed by atoms with van der Waals surface area (Å²) in [4.78, 5) is 22.0. The first-order valence-electron chi connectivity index (χ1n) is 11.0. The molecule has 1 saturated heterocycles. The molecule has 7 nitrogen and oxygen atoms in total. The van der Waals surface area contributed by atoms with E-state index in [1.807, 2.05) is 42.1 Å². The number of nitrogens with one attached hydrogen (secondary N) is 1. The number of hydrogen-bond acceptors (Lipinski definition) is 8.